The molecule has 2 unspecified atom stereocenters. The van der Waals surface area contributed by atoms with E-state index in [-0.39, 0.29) is 0 Å². The van der Waals surface area contributed by atoms with Crippen molar-refractivity contribution in [3.8, 4) is 0 Å². The van der Waals surface area contributed by atoms with Gasteiger partial charge >= 0.3 is 0 Å². The number of benzene rings is 1. The van der Waals surface area contributed by atoms with E-state index in [0.717, 1.165) is 19.5 Å². The molecule has 3 nitrogen and oxygen atoms in total. The van der Waals surface area contributed by atoms with E-state index >= 15 is 0 Å². The van der Waals surface area contributed by atoms with Gasteiger partial charge in [0.1, 0.15) is 0 Å². The summed E-state index contributed by atoms with van der Waals surface area (Å²) in [6.07, 6.45) is 5.33. The van der Waals surface area contributed by atoms with Crippen molar-refractivity contribution < 1.29 is 9.47 Å². The molecule has 0 bridgehead atoms. The van der Waals surface area contributed by atoms with Gasteiger partial charge in [0.2, 0.25) is 0 Å². The Morgan fingerprint density at radius 2 is 1.80 bits per heavy atom. The van der Waals surface area contributed by atoms with E-state index in [0.29, 0.717) is 18.8 Å². The lowest BCUT2D eigenvalue weighted by atomic mass is 9.95. The molecule has 0 saturated heterocycles. The van der Waals surface area contributed by atoms with Crippen LogP contribution < -0.4 is 5.32 Å². The minimum atomic E-state index is 0.357. The highest BCUT2D eigenvalue weighted by atomic mass is 16.5. The minimum absolute atomic E-state index is 0.357. The van der Waals surface area contributed by atoms with Gasteiger partial charge in [-0.25, -0.2) is 0 Å². The molecule has 112 valence electrons. The van der Waals surface area contributed by atoms with Crippen LogP contribution in [0.25, 0.3) is 0 Å². The van der Waals surface area contributed by atoms with Crippen molar-refractivity contribution in [2.75, 3.05) is 13.7 Å². The molecule has 2 atom stereocenters. The lowest BCUT2D eigenvalue weighted by Gasteiger charge is -2.28. The summed E-state index contributed by atoms with van der Waals surface area (Å²) in [6, 6.07) is 8.70. The molecule has 0 heterocycles. The molecular formula is C17H27NO2. The molecule has 1 aromatic rings. The van der Waals surface area contributed by atoms with Gasteiger partial charge in [0.15, 0.2) is 0 Å². The Balaban J connectivity index is 1.75. The highest BCUT2D eigenvalue weighted by molar-refractivity contribution is 5.21. The third-order valence-corrected chi connectivity index (χ3v) is 4.00. The standard InChI is InChI=1S/C17H27NO2/c1-3-18-12-14-7-9-15(10-8-14)13-20-17-6-4-5-16(11-17)19-2/h7-10,16-18H,3-6,11-13H2,1-2H3. The highest BCUT2D eigenvalue weighted by Gasteiger charge is 2.21. The van der Waals surface area contributed by atoms with Crippen molar-refractivity contribution in [2.45, 2.75) is 58.0 Å². The van der Waals surface area contributed by atoms with Crippen molar-refractivity contribution in [2.24, 2.45) is 0 Å². The Kier molecular flexibility index (Phi) is 6.51. The van der Waals surface area contributed by atoms with Gasteiger partial charge in [-0.05, 0) is 43.4 Å². The van der Waals surface area contributed by atoms with Gasteiger partial charge in [-0.15, -0.1) is 0 Å². The summed E-state index contributed by atoms with van der Waals surface area (Å²) in [5, 5.41) is 3.33. The first-order chi connectivity index (χ1) is 9.81. The van der Waals surface area contributed by atoms with E-state index in [1.165, 1.54) is 30.4 Å². The number of hydrogen-bond donors (Lipinski definition) is 1. The van der Waals surface area contributed by atoms with Gasteiger partial charge < -0.3 is 14.8 Å². The second-order valence-electron chi connectivity index (χ2n) is 5.55. The summed E-state index contributed by atoms with van der Waals surface area (Å²) >= 11 is 0. The van der Waals surface area contributed by atoms with Crippen molar-refractivity contribution in [3.63, 3.8) is 0 Å². The summed E-state index contributed by atoms with van der Waals surface area (Å²) in [5.74, 6) is 0. The topological polar surface area (TPSA) is 30.5 Å². The second-order valence-corrected chi connectivity index (χ2v) is 5.55. The second kappa shape index (κ2) is 8.40. The number of nitrogens with one attached hydrogen (secondary N) is 1. The summed E-state index contributed by atoms with van der Waals surface area (Å²) in [7, 11) is 1.80. The van der Waals surface area contributed by atoms with E-state index in [1.807, 2.05) is 0 Å². The largest absolute Gasteiger partial charge is 0.381 e. The summed E-state index contributed by atoms with van der Waals surface area (Å²) < 4.78 is 11.5. The third kappa shape index (κ3) is 4.89. The van der Waals surface area contributed by atoms with Crippen LogP contribution in [0.15, 0.2) is 24.3 Å². The number of rotatable bonds is 7. The van der Waals surface area contributed by atoms with Crippen molar-refractivity contribution in [1.82, 2.24) is 5.32 Å². The first-order valence-corrected chi connectivity index (χ1v) is 7.74. The average Bonchev–Trinajstić information content (AvgIpc) is 2.52. The highest BCUT2D eigenvalue weighted by Crippen LogP contribution is 2.23. The maximum absolute atomic E-state index is 6.03. The lowest BCUT2D eigenvalue weighted by molar-refractivity contribution is -0.0363. The monoisotopic (exact) mass is 277 g/mol. The summed E-state index contributed by atoms with van der Waals surface area (Å²) in [5.41, 5.74) is 2.58. The van der Waals surface area contributed by atoms with Crippen molar-refractivity contribution in [3.05, 3.63) is 35.4 Å². The molecule has 3 heteroatoms. The Bertz CT molecular complexity index is 377. The number of ether oxygens (including phenoxy) is 2. The zero-order valence-corrected chi connectivity index (χ0v) is 12.7. The molecular weight excluding hydrogens is 250 g/mol. The van der Waals surface area contributed by atoms with Gasteiger partial charge in [0.05, 0.1) is 18.8 Å². The zero-order chi connectivity index (χ0) is 14.2. The molecule has 2 rings (SSSR count). The Morgan fingerprint density at radius 1 is 1.10 bits per heavy atom. The average molecular weight is 277 g/mol. The predicted molar refractivity (Wildman–Crippen MR) is 81.7 cm³/mol. The SMILES string of the molecule is CCNCc1ccc(COC2CCCC(OC)C2)cc1. The molecule has 1 saturated carbocycles. The molecule has 0 radical (unpaired) electrons. The van der Waals surface area contributed by atoms with Crippen molar-refractivity contribution in [1.29, 1.82) is 0 Å². The molecule has 0 amide bonds. The van der Waals surface area contributed by atoms with Crippen LogP contribution in [0.4, 0.5) is 0 Å². The minimum Gasteiger partial charge on any atom is -0.381 e. The fourth-order valence-corrected chi connectivity index (χ4v) is 2.70. The quantitative estimate of drug-likeness (QED) is 0.829. The molecule has 1 N–H and O–H groups in total. The third-order valence-electron chi connectivity index (χ3n) is 4.00. The molecule has 0 aromatic heterocycles. The van der Waals surface area contributed by atoms with Crippen LogP contribution in [-0.4, -0.2) is 25.9 Å². The van der Waals surface area contributed by atoms with E-state index in [9.17, 15) is 0 Å². The molecule has 1 fully saturated rings. The van der Waals surface area contributed by atoms with Gasteiger partial charge in [0, 0.05) is 13.7 Å². The van der Waals surface area contributed by atoms with Crippen LogP contribution in [0.1, 0.15) is 43.7 Å². The number of hydrogen-bond acceptors (Lipinski definition) is 3. The van der Waals surface area contributed by atoms with Gasteiger partial charge in [-0.1, -0.05) is 31.2 Å². The van der Waals surface area contributed by atoms with Crippen LogP contribution in [0, 0.1) is 0 Å². The zero-order valence-electron chi connectivity index (χ0n) is 12.7. The van der Waals surface area contributed by atoms with E-state index in [1.54, 1.807) is 7.11 Å². The van der Waals surface area contributed by atoms with E-state index in [4.69, 9.17) is 9.47 Å². The van der Waals surface area contributed by atoms with Gasteiger partial charge in [-0.2, -0.15) is 0 Å². The predicted octanol–water partition coefficient (Wildman–Crippen LogP) is 3.27. The fraction of sp³-hybridized carbons (Fsp3) is 0.647. The Morgan fingerprint density at radius 3 is 2.50 bits per heavy atom. The first-order valence-electron chi connectivity index (χ1n) is 7.74. The Labute approximate surface area is 122 Å². The van der Waals surface area contributed by atoms with Crippen LogP contribution in [0.3, 0.4) is 0 Å². The maximum Gasteiger partial charge on any atom is 0.0720 e. The molecule has 0 aliphatic heterocycles. The number of methoxy groups -OCH3 is 1. The van der Waals surface area contributed by atoms with Crippen LogP contribution in [-0.2, 0) is 22.6 Å². The summed E-state index contributed by atoms with van der Waals surface area (Å²) in [6.45, 7) is 4.78. The van der Waals surface area contributed by atoms with Gasteiger partial charge in [0.25, 0.3) is 0 Å². The smallest absolute Gasteiger partial charge is 0.0720 e. The van der Waals surface area contributed by atoms with Crippen LogP contribution in [0.2, 0.25) is 0 Å². The maximum atomic E-state index is 6.03. The molecule has 0 spiro atoms. The van der Waals surface area contributed by atoms with Crippen LogP contribution >= 0.6 is 0 Å². The van der Waals surface area contributed by atoms with Crippen molar-refractivity contribution >= 4 is 0 Å². The molecule has 20 heavy (non-hydrogen) atoms. The lowest BCUT2D eigenvalue weighted by Crippen LogP contribution is -2.27. The Hall–Kier alpha value is -0.900. The summed E-state index contributed by atoms with van der Waals surface area (Å²) in [4.78, 5) is 0. The van der Waals surface area contributed by atoms with E-state index in [2.05, 4.69) is 36.5 Å². The molecule has 1 aromatic carbocycles. The first kappa shape index (κ1) is 15.5. The molecule has 1 aliphatic rings. The molecule has 1 aliphatic carbocycles. The van der Waals surface area contributed by atoms with Gasteiger partial charge in [-0.3, -0.25) is 0 Å². The fourth-order valence-electron chi connectivity index (χ4n) is 2.70. The van der Waals surface area contributed by atoms with E-state index < -0.39 is 0 Å². The van der Waals surface area contributed by atoms with Crippen LogP contribution in [0.5, 0.6) is 0 Å². The normalized spacial score (nSPS) is 22.9.